The van der Waals surface area contributed by atoms with Crippen LogP contribution in [0.15, 0.2) is 35.0 Å². The second kappa shape index (κ2) is 7.19. The van der Waals surface area contributed by atoms with Gasteiger partial charge in [0.15, 0.2) is 0 Å². The van der Waals surface area contributed by atoms with Gasteiger partial charge in [0, 0.05) is 24.0 Å². The molecule has 1 aromatic rings. The predicted octanol–water partition coefficient (Wildman–Crippen LogP) is 1.98. The summed E-state index contributed by atoms with van der Waals surface area (Å²) in [6.45, 7) is 0. The van der Waals surface area contributed by atoms with Crippen molar-refractivity contribution < 1.29 is 23.9 Å². The number of hydrogen-bond acceptors (Lipinski definition) is 5. The van der Waals surface area contributed by atoms with Crippen LogP contribution < -0.4 is 5.32 Å². The molecule has 1 N–H and O–H groups in total. The molecular formula is C16H14ClNO5. The molecule has 0 spiro atoms. The van der Waals surface area contributed by atoms with E-state index >= 15 is 0 Å². The summed E-state index contributed by atoms with van der Waals surface area (Å²) in [5.74, 6) is -1.94. The number of Topliss-reactive ketones (excluding diaryl/α,β-unsaturated/α-hetero) is 2. The zero-order valence-electron chi connectivity index (χ0n) is 12.3. The summed E-state index contributed by atoms with van der Waals surface area (Å²) in [4.78, 5) is 47.4. The van der Waals surface area contributed by atoms with Gasteiger partial charge in [0.2, 0.25) is 17.5 Å². The van der Waals surface area contributed by atoms with E-state index < -0.39 is 23.4 Å². The summed E-state index contributed by atoms with van der Waals surface area (Å²) in [7, 11) is 1.26. The molecule has 0 heterocycles. The van der Waals surface area contributed by atoms with Crippen LogP contribution in [0.4, 0.5) is 0 Å². The average Bonchev–Trinajstić information content (AvgIpc) is 2.56. The summed E-state index contributed by atoms with van der Waals surface area (Å²) >= 11 is 5.93. The molecule has 2 rings (SSSR count). The number of ketones is 2. The topological polar surface area (TPSA) is 89.5 Å². The summed E-state index contributed by atoms with van der Waals surface area (Å²) in [6.07, 6.45) is 0.362. The molecule has 1 aliphatic carbocycles. The van der Waals surface area contributed by atoms with Crippen molar-refractivity contribution in [2.24, 2.45) is 0 Å². The van der Waals surface area contributed by atoms with Crippen molar-refractivity contribution in [2.75, 3.05) is 7.11 Å². The molecule has 0 fully saturated rings. The number of carbonyl (C=O) groups is 4. The number of allylic oxidation sites excluding steroid dienone is 2. The van der Waals surface area contributed by atoms with E-state index in [9.17, 15) is 19.2 Å². The maximum atomic E-state index is 12.4. The number of amides is 1. The fourth-order valence-electron chi connectivity index (χ4n) is 2.15. The van der Waals surface area contributed by atoms with E-state index in [4.69, 9.17) is 11.6 Å². The van der Waals surface area contributed by atoms with Crippen molar-refractivity contribution in [3.8, 4) is 0 Å². The van der Waals surface area contributed by atoms with Crippen LogP contribution in [-0.2, 0) is 14.3 Å². The van der Waals surface area contributed by atoms with Gasteiger partial charge in [-0.2, -0.15) is 0 Å². The molecule has 0 radical (unpaired) electrons. The molecule has 23 heavy (non-hydrogen) atoms. The van der Waals surface area contributed by atoms with Gasteiger partial charge >= 0.3 is 5.97 Å². The van der Waals surface area contributed by atoms with Crippen LogP contribution in [-0.4, -0.2) is 30.6 Å². The molecular weight excluding hydrogens is 322 g/mol. The van der Waals surface area contributed by atoms with Crippen LogP contribution in [0.25, 0.3) is 0 Å². The first-order valence-electron chi connectivity index (χ1n) is 6.90. The Morgan fingerprint density at radius 1 is 1.09 bits per heavy atom. The maximum Gasteiger partial charge on any atom is 0.305 e. The Bertz CT molecular complexity index is 723. The molecule has 0 bridgehead atoms. The third kappa shape index (κ3) is 3.65. The number of nitrogens with one attached hydrogen (secondary N) is 1. The third-order valence-corrected chi connectivity index (χ3v) is 3.70. The molecule has 7 heteroatoms. The Balaban J connectivity index is 2.09. The first-order valence-corrected chi connectivity index (χ1v) is 7.28. The van der Waals surface area contributed by atoms with E-state index in [0.717, 1.165) is 0 Å². The minimum atomic E-state index is -0.508. The Kier molecular flexibility index (Phi) is 5.28. The van der Waals surface area contributed by atoms with Crippen LogP contribution >= 0.6 is 11.6 Å². The normalized spacial score (nSPS) is 13.7. The number of methoxy groups -OCH3 is 1. The number of hydrogen-bond donors (Lipinski definition) is 1. The van der Waals surface area contributed by atoms with Crippen LogP contribution in [0.5, 0.6) is 0 Å². The number of rotatable bonds is 5. The molecule has 0 aromatic heterocycles. The predicted molar refractivity (Wildman–Crippen MR) is 82.0 cm³/mol. The van der Waals surface area contributed by atoms with Gasteiger partial charge in [0.25, 0.3) is 0 Å². The summed E-state index contributed by atoms with van der Waals surface area (Å²) in [5.41, 5.74) is 0.191. The summed E-state index contributed by atoms with van der Waals surface area (Å²) in [6, 6.07) is 6.26. The number of esters is 1. The lowest BCUT2D eigenvalue weighted by Gasteiger charge is -2.18. The van der Waals surface area contributed by atoms with E-state index in [0.29, 0.717) is 0 Å². The quantitative estimate of drug-likeness (QED) is 0.831. The van der Waals surface area contributed by atoms with Gasteiger partial charge in [0.1, 0.15) is 10.7 Å². The highest BCUT2D eigenvalue weighted by Gasteiger charge is 2.31. The van der Waals surface area contributed by atoms with Crippen molar-refractivity contribution in [1.82, 2.24) is 5.32 Å². The summed E-state index contributed by atoms with van der Waals surface area (Å²) in [5, 5.41) is 2.06. The van der Waals surface area contributed by atoms with Crippen molar-refractivity contribution in [3.05, 3.63) is 46.1 Å². The zero-order chi connectivity index (χ0) is 17.0. The second-order valence-electron chi connectivity index (χ2n) is 4.87. The number of halogens is 1. The van der Waals surface area contributed by atoms with Gasteiger partial charge in [-0.05, 0) is 6.42 Å². The van der Waals surface area contributed by atoms with Crippen molar-refractivity contribution in [1.29, 1.82) is 0 Å². The lowest BCUT2D eigenvalue weighted by Crippen LogP contribution is -2.33. The van der Waals surface area contributed by atoms with Crippen LogP contribution in [0, 0.1) is 0 Å². The fraction of sp³-hybridized carbons (Fsp3) is 0.250. The van der Waals surface area contributed by atoms with E-state index in [1.807, 2.05) is 0 Å². The van der Waals surface area contributed by atoms with Crippen molar-refractivity contribution >= 4 is 35.0 Å². The smallest absolute Gasteiger partial charge is 0.305 e. The molecule has 0 aliphatic heterocycles. The van der Waals surface area contributed by atoms with E-state index in [1.165, 1.54) is 19.2 Å². The summed E-state index contributed by atoms with van der Waals surface area (Å²) < 4.78 is 4.47. The highest BCUT2D eigenvalue weighted by molar-refractivity contribution is 6.50. The first kappa shape index (κ1) is 16.9. The van der Waals surface area contributed by atoms with Gasteiger partial charge in [-0.15, -0.1) is 0 Å². The lowest BCUT2D eigenvalue weighted by molar-refractivity contribution is -0.140. The minimum absolute atomic E-state index is 0.00584. The van der Waals surface area contributed by atoms with Gasteiger partial charge in [-0.3, -0.25) is 19.2 Å². The first-order chi connectivity index (χ1) is 11.0. The van der Waals surface area contributed by atoms with E-state index in [1.54, 1.807) is 12.1 Å². The van der Waals surface area contributed by atoms with Gasteiger partial charge in [-0.1, -0.05) is 35.9 Å². The van der Waals surface area contributed by atoms with Crippen molar-refractivity contribution in [3.63, 3.8) is 0 Å². The van der Waals surface area contributed by atoms with E-state index in [2.05, 4.69) is 10.1 Å². The number of fused-ring (bicyclic) bond motifs is 1. The lowest BCUT2D eigenvalue weighted by atomic mass is 9.92. The zero-order valence-corrected chi connectivity index (χ0v) is 13.1. The molecule has 1 aliphatic rings. The largest absolute Gasteiger partial charge is 0.469 e. The van der Waals surface area contributed by atoms with E-state index in [-0.39, 0.29) is 41.1 Å². The molecule has 0 unspecified atom stereocenters. The fourth-order valence-corrected chi connectivity index (χ4v) is 2.39. The Morgan fingerprint density at radius 3 is 2.30 bits per heavy atom. The molecule has 1 amide bonds. The number of carbonyl (C=O) groups excluding carboxylic acids is 4. The molecule has 1 aromatic carbocycles. The molecule has 6 nitrogen and oxygen atoms in total. The highest BCUT2D eigenvalue weighted by Crippen LogP contribution is 2.27. The SMILES string of the molecule is COC(=O)CCCC(=O)NC1=C(Cl)C(=O)c2ccccc2C1=O. The number of benzene rings is 1. The number of ether oxygens (including phenoxy) is 1. The average molecular weight is 336 g/mol. The van der Waals surface area contributed by atoms with Gasteiger partial charge in [-0.25, -0.2) is 0 Å². The Morgan fingerprint density at radius 2 is 1.70 bits per heavy atom. The molecule has 0 saturated heterocycles. The van der Waals surface area contributed by atoms with Crippen LogP contribution in [0.3, 0.4) is 0 Å². The standard InChI is InChI=1S/C16H14ClNO5/c1-23-12(20)8-4-7-11(19)18-14-13(17)15(21)9-5-2-3-6-10(9)16(14)22/h2-3,5-6H,4,7-8H2,1H3,(H,18,19). The monoisotopic (exact) mass is 335 g/mol. The molecule has 0 saturated carbocycles. The molecule has 120 valence electrons. The van der Waals surface area contributed by atoms with Gasteiger partial charge in [0.05, 0.1) is 7.11 Å². The Hall–Kier alpha value is -2.47. The van der Waals surface area contributed by atoms with Crippen LogP contribution in [0.2, 0.25) is 0 Å². The second-order valence-corrected chi connectivity index (χ2v) is 5.25. The van der Waals surface area contributed by atoms with Crippen molar-refractivity contribution in [2.45, 2.75) is 19.3 Å². The third-order valence-electron chi connectivity index (χ3n) is 3.34. The molecule has 0 atom stereocenters. The Labute approximate surface area is 137 Å². The van der Waals surface area contributed by atoms with Crippen LogP contribution in [0.1, 0.15) is 40.0 Å². The van der Waals surface area contributed by atoms with Gasteiger partial charge < -0.3 is 10.1 Å². The highest BCUT2D eigenvalue weighted by atomic mass is 35.5. The maximum absolute atomic E-state index is 12.4. The minimum Gasteiger partial charge on any atom is -0.469 e.